The van der Waals surface area contributed by atoms with Crippen LogP contribution in [0, 0.1) is 18.6 Å². The normalized spacial score (nSPS) is 11.0. The van der Waals surface area contributed by atoms with Crippen molar-refractivity contribution < 1.29 is 19.4 Å². The Morgan fingerprint density at radius 2 is 1.18 bits per heavy atom. The number of likely N-dealkylation sites (N-methyl/N-ethyl adjacent to an activating group) is 1. The smallest absolute Gasteiger partial charge is 0.123 e. The Kier molecular flexibility index (Phi) is 19.9. The lowest BCUT2D eigenvalue weighted by molar-refractivity contribution is -0.858. The Hall–Kier alpha value is -3.75. The molecule has 0 saturated carbocycles. The van der Waals surface area contributed by atoms with Crippen molar-refractivity contribution in [1.29, 1.82) is 0 Å². The van der Waals surface area contributed by atoms with E-state index in [-0.39, 0.29) is 11.6 Å². The van der Waals surface area contributed by atoms with E-state index in [1.807, 2.05) is 0 Å². The summed E-state index contributed by atoms with van der Waals surface area (Å²) in [5.74, 6) is -0.412. The van der Waals surface area contributed by atoms with Gasteiger partial charge in [-0.2, -0.15) is 0 Å². The molecule has 0 unspecified atom stereocenters. The van der Waals surface area contributed by atoms with E-state index < -0.39 is 0 Å². The molecule has 12 heteroatoms. The van der Waals surface area contributed by atoms with Crippen LogP contribution in [0.1, 0.15) is 61.7 Å². The number of aryl methyl sites for hydroxylation is 2. The predicted molar refractivity (Wildman–Crippen MR) is 233 cm³/mol. The molecule has 0 saturated heterocycles. The molecule has 6 aromatic rings. The number of quaternary nitrogens is 2. The summed E-state index contributed by atoms with van der Waals surface area (Å²) in [5, 5.41) is 12.8. The monoisotopic (exact) mass is 819 g/mol. The van der Waals surface area contributed by atoms with E-state index >= 15 is 0 Å². The highest BCUT2D eigenvalue weighted by Gasteiger charge is 2.08. The number of aromatic nitrogens is 3. The summed E-state index contributed by atoms with van der Waals surface area (Å²) in [6, 6.07) is 21.6. The molecule has 3 aromatic carbocycles. The molecule has 56 heavy (non-hydrogen) atoms. The minimum absolute atomic E-state index is 0.199. The van der Waals surface area contributed by atoms with Crippen LogP contribution >= 0.6 is 34.0 Å². The molecule has 3 aromatic heterocycles. The maximum Gasteiger partial charge on any atom is 0.123 e. The zero-order chi connectivity index (χ0) is 40.1. The van der Waals surface area contributed by atoms with E-state index in [0.29, 0.717) is 0 Å². The van der Waals surface area contributed by atoms with E-state index in [9.17, 15) is 8.78 Å². The minimum atomic E-state index is -0.213. The lowest BCUT2D eigenvalue weighted by Gasteiger charge is -2.11. The maximum atomic E-state index is 12.9. The van der Waals surface area contributed by atoms with Crippen molar-refractivity contribution in [3.63, 3.8) is 0 Å². The predicted octanol–water partition coefficient (Wildman–Crippen LogP) is 8.44. The number of benzene rings is 3. The Bertz CT molecular complexity index is 1940. The van der Waals surface area contributed by atoms with Crippen molar-refractivity contribution in [2.24, 2.45) is 0 Å². The molecule has 0 aliphatic rings. The van der Waals surface area contributed by atoms with E-state index in [1.165, 1.54) is 72.5 Å². The Balaban J connectivity index is 0.000000187. The fraction of sp³-hybridized carbons (Fsp3) is 0.386. The highest BCUT2D eigenvalue weighted by molar-refractivity contribution is 7.13. The summed E-state index contributed by atoms with van der Waals surface area (Å²) in [6.45, 7) is 10.1. The van der Waals surface area contributed by atoms with E-state index in [1.54, 1.807) is 58.3 Å². The largest absolute Gasteiger partial charge is 0.357 e. The second-order valence-corrected chi connectivity index (χ2v) is 16.8. The van der Waals surface area contributed by atoms with Crippen LogP contribution in [0.25, 0.3) is 31.7 Å². The molecule has 5 N–H and O–H groups in total. The number of hydrogen-bond donors (Lipinski definition) is 3. The molecule has 0 spiro atoms. The van der Waals surface area contributed by atoms with E-state index in [4.69, 9.17) is 0 Å². The summed E-state index contributed by atoms with van der Waals surface area (Å²) in [7, 11) is 6.43. The second kappa shape index (κ2) is 24.8. The second-order valence-electron chi connectivity index (χ2n) is 14.2. The van der Waals surface area contributed by atoms with Gasteiger partial charge < -0.3 is 16.0 Å². The van der Waals surface area contributed by atoms with E-state index in [0.717, 1.165) is 88.8 Å². The fourth-order valence-corrected chi connectivity index (χ4v) is 8.11. The quantitative estimate of drug-likeness (QED) is 0.0759. The van der Waals surface area contributed by atoms with Crippen LogP contribution in [0.4, 0.5) is 8.78 Å². The number of nitrogens with one attached hydrogen (secondary N) is 2. The highest BCUT2D eigenvalue weighted by atomic mass is 32.1. The number of nitrogens with zero attached hydrogens (tertiary/aromatic N) is 4. The highest BCUT2D eigenvalue weighted by Crippen LogP contribution is 2.26. The third-order valence-corrected chi connectivity index (χ3v) is 11.6. The van der Waals surface area contributed by atoms with Gasteiger partial charge in [0.05, 0.1) is 44.3 Å². The van der Waals surface area contributed by atoms with Crippen LogP contribution in [-0.4, -0.2) is 67.2 Å². The van der Waals surface area contributed by atoms with Gasteiger partial charge in [-0.15, -0.1) is 34.0 Å². The van der Waals surface area contributed by atoms with E-state index in [2.05, 4.69) is 106 Å². The van der Waals surface area contributed by atoms with Gasteiger partial charge in [-0.05, 0) is 75.3 Å². The molecule has 0 aliphatic heterocycles. The first-order valence-corrected chi connectivity index (χ1v) is 22.2. The Morgan fingerprint density at radius 1 is 0.679 bits per heavy atom. The van der Waals surface area contributed by atoms with Crippen LogP contribution in [-0.2, 0) is 19.5 Å². The van der Waals surface area contributed by atoms with Crippen LogP contribution in [0.15, 0.2) is 88.9 Å². The van der Waals surface area contributed by atoms with Crippen LogP contribution < -0.4 is 16.0 Å². The van der Waals surface area contributed by atoms with Crippen LogP contribution in [0.3, 0.4) is 0 Å². The van der Waals surface area contributed by atoms with Crippen molar-refractivity contribution >= 4 is 34.0 Å². The van der Waals surface area contributed by atoms with Crippen molar-refractivity contribution in [3.05, 3.63) is 123 Å². The zero-order valence-corrected chi connectivity index (χ0v) is 36.1. The molecule has 0 fully saturated rings. The average Bonchev–Trinajstić information content (AvgIpc) is 3.97. The third-order valence-electron chi connectivity index (χ3n) is 8.73. The fourth-order valence-electron chi connectivity index (χ4n) is 5.61. The minimum Gasteiger partial charge on any atom is -0.357 e. The lowest BCUT2D eigenvalue weighted by atomic mass is 10.1. The summed E-state index contributed by atoms with van der Waals surface area (Å²) in [6.07, 6.45) is 7.27. The van der Waals surface area contributed by atoms with Gasteiger partial charge in [0.15, 0.2) is 0 Å². The van der Waals surface area contributed by atoms with Crippen LogP contribution in [0.2, 0.25) is 0 Å². The van der Waals surface area contributed by atoms with Gasteiger partial charge in [0, 0.05) is 65.4 Å². The molecule has 0 amide bonds. The van der Waals surface area contributed by atoms with Gasteiger partial charge in [-0.1, -0.05) is 56.0 Å². The number of unbranched alkanes of at least 4 members (excludes halogenated alkanes) is 3. The standard InChI is InChI=1S/C15H20FN3S.C15H18FNS.C14H19N3S/c1-19(2)9-3-8-17-10-14-11-20-15(18-14)12-4-6-13(16)7-5-12;1-2-3-4-5-6-14-11-18-15(17-14)12-7-9-13(16)10-8-12;1-11-3-5-12(6-4-11)14-16-13(10-18-14)9-17(2)8-7-15/h4-7,11,17H,3,8-10H2,1-2H3;7-11H,2-6H2,1H3;3-6,10H,7-9,15H2,1-2H3/p+2. The van der Waals surface area contributed by atoms with Gasteiger partial charge in [-0.25, -0.2) is 23.7 Å². The van der Waals surface area contributed by atoms with Crippen LogP contribution in [0.5, 0.6) is 0 Å². The molecule has 0 atom stereocenters. The number of rotatable bonds is 18. The SMILES string of the molecule is CCCCCCc1csc(-c2ccc(F)cc2)n1.C[NH+](C)CCCNCc1csc(-c2ccc(F)cc2)n1.Cc1ccc(-c2nc(CN(C)CC[NH3+])cs2)cc1. The average molecular weight is 820 g/mol. The molecule has 6 rings (SSSR count). The first kappa shape index (κ1) is 45.0. The Morgan fingerprint density at radius 3 is 1.71 bits per heavy atom. The number of hydrogen-bond acceptors (Lipinski definition) is 8. The van der Waals surface area contributed by atoms with Gasteiger partial charge in [0.1, 0.15) is 26.7 Å². The third kappa shape index (κ3) is 16.4. The zero-order valence-electron chi connectivity index (χ0n) is 33.6. The molecule has 0 radical (unpaired) electrons. The summed E-state index contributed by atoms with van der Waals surface area (Å²) in [4.78, 5) is 17.6. The number of halogens is 2. The van der Waals surface area contributed by atoms with Gasteiger partial charge in [0.25, 0.3) is 0 Å². The molecule has 0 aliphatic carbocycles. The molecule has 0 bridgehead atoms. The summed E-state index contributed by atoms with van der Waals surface area (Å²) < 4.78 is 25.7. The molecular formula is C44H59F2N7S3+2. The number of thiazole rings is 3. The molecular weight excluding hydrogens is 761 g/mol. The van der Waals surface area contributed by atoms with Gasteiger partial charge >= 0.3 is 0 Å². The first-order valence-electron chi connectivity index (χ1n) is 19.5. The topological polar surface area (TPSA) is 86.0 Å². The first-order chi connectivity index (χ1) is 27.1. The Labute approximate surface area is 344 Å². The molecule has 300 valence electrons. The van der Waals surface area contributed by atoms with Crippen molar-refractivity contribution in [2.45, 2.75) is 65.5 Å². The van der Waals surface area contributed by atoms with Gasteiger partial charge in [-0.3, -0.25) is 4.90 Å². The molecule has 3 heterocycles. The van der Waals surface area contributed by atoms with Gasteiger partial charge in [0.2, 0.25) is 0 Å². The van der Waals surface area contributed by atoms with Crippen molar-refractivity contribution in [3.8, 4) is 31.7 Å². The molecule has 7 nitrogen and oxygen atoms in total. The maximum absolute atomic E-state index is 12.9. The van der Waals surface area contributed by atoms with Crippen molar-refractivity contribution in [1.82, 2.24) is 25.2 Å². The lowest BCUT2D eigenvalue weighted by Crippen LogP contribution is -3.05. The summed E-state index contributed by atoms with van der Waals surface area (Å²) in [5.41, 5.74) is 11.7. The summed E-state index contributed by atoms with van der Waals surface area (Å²) >= 11 is 4.95. The van der Waals surface area contributed by atoms with Crippen molar-refractivity contribution in [2.75, 3.05) is 47.3 Å².